The van der Waals surface area contributed by atoms with E-state index < -0.39 is 11.6 Å². The maximum Gasteiger partial charge on any atom is 0.191 e. The van der Waals surface area contributed by atoms with Crippen molar-refractivity contribution < 1.29 is 18.3 Å². The van der Waals surface area contributed by atoms with Gasteiger partial charge < -0.3 is 20.1 Å². The summed E-state index contributed by atoms with van der Waals surface area (Å²) < 4.78 is 38.5. The predicted octanol–water partition coefficient (Wildman–Crippen LogP) is 3.97. The van der Waals surface area contributed by atoms with Crippen molar-refractivity contribution in [2.24, 2.45) is 4.99 Å². The molecule has 1 heterocycles. The maximum atomic E-state index is 13.7. The molecular weight excluding hydrogens is 503 g/mol. The summed E-state index contributed by atoms with van der Waals surface area (Å²) in [4.78, 5) is 4.19. The van der Waals surface area contributed by atoms with Crippen molar-refractivity contribution in [2.75, 3.05) is 26.8 Å². The molecule has 8 heteroatoms. The van der Waals surface area contributed by atoms with Crippen LogP contribution in [0.4, 0.5) is 8.78 Å². The second-order valence-corrected chi connectivity index (χ2v) is 7.05. The first-order valence-electron chi connectivity index (χ1n) is 9.77. The molecule has 164 valence electrons. The Morgan fingerprint density at radius 2 is 2.00 bits per heavy atom. The van der Waals surface area contributed by atoms with Crippen LogP contribution in [-0.4, -0.2) is 38.9 Å². The molecule has 3 rings (SSSR count). The largest absolute Gasteiger partial charge is 0.488 e. The Morgan fingerprint density at radius 3 is 2.73 bits per heavy atom. The highest BCUT2D eigenvalue weighted by atomic mass is 127. The topological polar surface area (TPSA) is 54.9 Å². The highest BCUT2D eigenvalue weighted by molar-refractivity contribution is 14.0. The number of hydrogen-bond acceptors (Lipinski definition) is 3. The molecule has 0 amide bonds. The average molecular weight is 531 g/mol. The average Bonchev–Trinajstić information content (AvgIpc) is 3.21. The monoisotopic (exact) mass is 531 g/mol. The molecule has 1 unspecified atom stereocenters. The quantitative estimate of drug-likeness (QED) is 0.323. The van der Waals surface area contributed by atoms with E-state index in [1.807, 2.05) is 25.1 Å². The number of ether oxygens (including phenoxy) is 2. The van der Waals surface area contributed by atoms with E-state index in [-0.39, 0.29) is 30.1 Å². The zero-order valence-corrected chi connectivity index (χ0v) is 19.5. The van der Waals surface area contributed by atoms with Crippen LogP contribution in [0.3, 0.4) is 0 Å². The summed E-state index contributed by atoms with van der Waals surface area (Å²) in [5.74, 6) is 0.569. The van der Waals surface area contributed by atoms with E-state index in [1.165, 1.54) is 6.07 Å². The molecule has 1 aliphatic heterocycles. The molecule has 0 bridgehead atoms. The standard InChI is InChI=1S/C22H27F2N3O2.HI/c1-15-3-4-17(21(11-15)29-19-8-10-28-14-19)13-27-22(25-2)26-9-7-16-12-18(23)5-6-20(16)24;/h3-6,11-12,19H,7-10,13-14H2,1-2H3,(H2,25,26,27);1H. The smallest absolute Gasteiger partial charge is 0.191 e. The molecule has 1 aliphatic rings. The van der Waals surface area contributed by atoms with E-state index >= 15 is 0 Å². The van der Waals surface area contributed by atoms with Crippen molar-refractivity contribution in [3.63, 3.8) is 0 Å². The fraction of sp³-hybridized carbons (Fsp3) is 0.409. The molecule has 0 spiro atoms. The highest BCUT2D eigenvalue weighted by Crippen LogP contribution is 2.23. The Kier molecular flexibility index (Phi) is 9.77. The zero-order chi connectivity index (χ0) is 20.6. The first-order chi connectivity index (χ1) is 14.0. The van der Waals surface area contributed by atoms with E-state index in [4.69, 9.17) is 9.47 Å². The Labute approximate surface area is 193 Å². The van der Waals surface area contributed by atoms with Gasteiger partial charge in [-0.25, -0.2) is 8.78 Å². The van der Waals surface area contributed by atoms with Crippen LogP contribution in [0.15, 0.2) is 41.4 Å². The van der Waals surface area contributed by atoms with E-state index in [0.717, 1.165) is 42.0 Å². The SMILES string of the molecule is CN=C(NCCc1cc(F)ccc1F)NCc1ccc(C)cc1OC1CCOC1.I. The lowest BCUT2D eigenvalue weighted by molar-refractivity contribution is 0.140. The lowest BCUT2D eigenvalue weighted by atomic mass is 10.1. The van der Waals surface area contributed by atoms with Crippen LogP contribution >= 0.6 is 24.0 Å². The van der Waals surface area contributed by atoms with Crippen molar-refractivity contribution in [2.45, 2.75) is 32.4 Å². The van der Waals surface area contributed by atoms with Crippen LogP contribution in [-0.2, 0) is 17.7 Å². The summed E-state index contributed by atoms with van der Waals surface area (Å²) in [5.41, 5.74) is 2.48. The second kappa shape index (κ2) is 12.0. The summed E-state index contributed by atoms with van der Waals surface area (Å²) in [6, 6.07) is 9.58. The van der Waals surface area contributed by atoms with Crippen molar-refractivity contribution in [3.8, 4) is 5.75 Å². The van der Waals surface area contributed by atoms with Crippen molar-refractivity contribution in [3.05, 3.63) is 64.7 Å². The minimum absolute atomic E-state index is 0. The van der Waals surface area contributed by atoms with Gasteiger partial charge in [-0.1, -0.05) is 12.1 Å². The van der Waals surface area contributed by atoms with Gasteiger partial charge in [0.15, 0.2) is 5.96 Å². The summed E-state index contributed by atoms with van der Waals surface area (Å²) >= 11 is 0. The van der Waals surface area contributed by atoms with E-state index in [9.17, 15) is 8.78 Å². The molecule has 0 saturated carbocycles. The molecule has 2 aromatic carbocycles. The van der Waals surface area contributed by atoms with Gasteiger partial charge in [-0.05, 0) is 48.7 Å². The van der Waals surface area contributed by atoms with Gasteiger partial charge in [0.1, 0.15) is 23.5 Å². The number of nitrogens with one attached hydrogen (secondary N) is 2. The molecule has 5 nitrogen and oxygen atoms in total. The predicted molar refractivity (Wildman–Crippen MR) is 125 cm³/mol. The van der Waals surface area contributed by atoms with Crippen molar-refractivity contribution >= 4 is 29.9 Å². The number of halogens is 3. The summed E-state index contributed by atoms with van der Waals surface area (Å²) in [7, 11) is 1.67. The fourth-order valence-electron chi connectivity index (χ4n) is 3.15. The molecule has 2 aromatic rings. The van der Waals surface area contributed by atoms with E-state index in [0.29, 0.717) is 37.6 Å². The lowest BCUT2D eigenvalue weighted by Gasteiger charge is -2.18. The fourth-order valence-corrected chi connectivity index (χ4v) is 3.15. The third-order valence-electron chi connectivity index (χ3n) is 4.77. The Balaban J connectivity index is 0.00000320. The summed E-state index contributed by atoms with van der Waals surface area (Å²) in [6.07, 6.45) is 1.32. The molecule has 30 heavy (non-hydrogen) atoms. The zero-order valence-electron chi connectivity index (χ0n) is 17.2. The molecule has 1 fully saturated rings. The third-order valence-corrected chi connectivity index (χ3v) is 4.77. The van der Waals surface area contributed by atoms with Crippen LogP contribution in [0.5, 0.6) is 5.75 Å². The first kappa shape index (κ1) is 24.3. The number of benzene rings is 2. The summed E-state index contributed by atoms with van der Waals surface area (Å²) in [5, 5.41) is 6.37. The van der Waals surface area contributed by atoms with Gasteiger partial charge in [-0.2, -0.15) is 0 Å². The normalized spacial score (nSPS) is 16.1. The molecule has 0 aliphatic carbocycles. The minimum Gasteiger partial charge on any atom is -0.488 e. The number of rotatable bonds is 7. The summed E-state index contributed by atoms with van der Waals surface area (Å²) in [6.45, 7) is 4.32. The van der Waals surface area contributed by atoms with Crippen LogP contribution in [0, 0.1) is 18.6 Å². The van der Waals surface area contributed by atoms with Gasteiger partial charge in [-0.15, -0.1) is 24.0 Å². The molecule has 0 aromatic heterocycles. The lowest BCUT2D eigenvalue weighted by Crippen LogP contribution is -2.38. The minimum atomic E-state index is -0.441. The molecule has 1 atom stereocenters. The van der Waals surface area contributed by atoms with Crippen LogP contribution in [0.2, 0.25) is 0 Å². The Bertz CT molecular complexity index is 858. The molecule has 2 N–H and O–H groups in total. The van der Waals surface area contributed by atoms with Crippen molar-refractivity contribution in [1.82, 2.24) is 10.6 Å². The van der Waals surface area contributed by atoms with Crippen LogP contribution in [0.25, 0.3) is 0 Å². The first-order valence-corrected chi connectivity index (χ1v) is 9.77. The maximum absolute atomic E-state index is 13.7. The highest BCUT2D eigenvalue weighted by Gasteiger charge is 2.18. The van der Waals surface area contributed by atoms with Gasteiger partial charge in [0, 0.05) is 32.1 Å². The molecule has 1 saturated heterocycles. The third kappa shape index (κ3) is 7.09. The van der Waals surface area contributed by atoms with E-state index in [2.05, 4.69) is 15.6 Å². The van der Waals surface area contributed by atoms with Gasteiger partial charge in [-0.3, -0.25) is 4.99 Å². The number of nitrogens with zero attached hydrogens (tertiary/aromatic N) is 1. The van der Waals surface area contributed by atoms with Gasteiger partial charge in [0.2, 0.25) is 0 Å². The number of aliphatic imine (C=N–C) groups is 1. The number of aryl methyl sites for hydroxylation is 1. The second-order valence-electron chi connectivity index (χ2n) is 7.05. The Hall–Kier alpha value is -1.94. The van der Waals surface area contributed by atoms with E-state index in [1.54, 1.807) is 7.05 Å². The van der Waals surface area contributed by atoms with Gasteiger partial charge in [0.05, 0.1) is 13.2 Å². The van der Waals surface area contributed by atoms with Crippen molar-refractivity contribution in [1.29, 1.82) is 0 Å². The van der Waals surface area contributed by atoms with Crippen LogP contribution < -0.4 is 15.4 Å². The van der Waals surface area contributed by atoms with Gasteiger partial charge >= 0.3 is 0 Å². The number of guanidine groups is 1. The Morgan fingerprint density at radius 1 is 1.17 bits per heavy atom. The van der Waals surface area contributed by atoms with Gasteiger partial charge in [0.25, 0.3) is 0 Å². The number of hydrogen-bond donors (Lipinski definition) is 2. The van der Waals surface area contributed by atoms with Crippen LogP contribution in [0.1, 0.15) is 23.1 Å². The molecular formula is C22H28F2IN3O2. The molecule has 0 radical (unpaired) electrons.